The molecular weight excluding hydrogens is 292 g/mol. The molecule has 0 aliphatic carbocycles. The van der Waals surface area contributed by atoms with Crippen molar-refractivity contribution < 1.29 is 20.4 Å². The SMILES string of the molecule is CC/C=C\C=C(/C)C(CCO)CC(CO)CC(CO)CCCO. The van der Waals surface area contributed by atoms with Crippen molar-refractivity contribution in [1.29, 1.82) is 0 Å². The summed E-state index contributed by atoms with van der Waals surface area (Å²) in [5.41, 5.74) is 1.22. The molecule has 0 rings (SSSR count). The first-order chi connectivity index (χ1) is 11.1. The van der Waals surface area contributed by atoms with E-state index in [9.17, 15) is 15.3 Å². The largest absolute Gasteiger partial charge is 0.396 e. The Labute approximate surface area is 141 Å². The molecular formula is C19H36O4. The van der Waals surface area contributed by atoms with Crippen LogP contribution in [-0.2, 0) is 0 Å². The Morgan fingerprint density at radius 2 is 1.61 bits per heavy atom. The molecule has 136 valence electrons. The number of hydrogen-bond acceptors (Lipinski definition) is 4. The number of hydrogen-bond donors (Lipinski definition) is 4. The highest BCUT2D eigenvalue weighted by Gasteiger charge is 2.20. The zero-order valence-electron chi connectivity index (χ0n) is 14.8. The summed E-state index contributed by atoms with van der Waals surface area (Å²) in [4.78, 5) is 0. The fraction of sp³-hybridized carbons (Fsp3) is 0.789. The highest BCUT2D eigenvalue weighted by atomic mass is 16.3. The minimum atomic E-state index is 0.0925. The van der Waals surface area contributed by atoms with Gasteiger partial charge in [-0.25, -0.2) is 0 Å². The van der Waals surface area contributed by atoms with Crippen molar-refractivity contribution in [2.75, 3.05) is 26.4 Å². The zero-order chi connectivity index (χ0) is 17.5. The molecule has 23 heavy (non-hydrogen) atoms. The second kappa shape index (κ2) is 14.9. The third-order valence-corrected chi connectivity index (χ3v) is 4.42. The van der Waals surface area contributed by atoms with Crippen LogP contribution in [-0.4, -0.2) is 46.9 Å². The van der Waals surface area contributed by atoms with Crippen LogP contribution in [0.4, 0.5) is 0 Å². The van der Waals surface area contributed by atoms with E-state index in [0.29, 0.717) is 12.8 Å². The predicted molar refractivity (Wildman–Crippen MR) is 95.1 cm³/mol. The van der Waals surface area contributed by atoms with E-state index in [1.165, 1.54) is 5.57 Å². The van der Waals surface area contributed by atoms with E-state index in [1.54, 1.807) is 0 Å². The van der Waals surface area contributed by atoms with Gasteiger partial charge in [-0.3, -0.25) is 0 Å². The Balaban J connectivity index is 4.72. The van der Waals surface area contributed by atoms with Gasteiger partial charge in [-0.1, -0.05) is 30.7 Å². The van der Waals surface area contributed by atoms with Gasteiger partial charge < -0.3 is 20.4 Å². The first-order valence-electron chi connectivity index (χ1n) is 8.89. The van der Waals surface area contributed by atoms with Crippen LogP contribution in [0.5, 0.6) is 0 Å². The van der Waals surface area contributed by atoms with E-state index in [1.807, 2.05) is 6.08 Å². The van der Waals surface area contributed by atoms with E-state index in [2.05, 4.69) is 26.0 Å². The lowest BCUT2D eigenvalue weighted by Crippen LogP contribution is -2.20. The van der Waals surface area contributed by atoms with Crippen molar-refractivity contribution in [2.24, 2.45) is 17.8 Å². The molecule has 0 amide bonds. The normalized spacial score (nSPS) is 16.7. The fourth-order valence-electron chi connectivity index (χ4n) is 2.96. The van der Waals surface area contributed by atoms with Crippen LogP contribution in [0.3, 0.4) is 0 Å². The number of aliphatic hydroxyl groups is 4. The summed E-state index contributed by atoms with van der Waals surface area (Å²) in [5, 5.41) is 37.4. The second-order valence-corrected chi connectivity index (χ2v) is 6.39. The summed E-state index contributed by atoms with van der Waals surface area (Å²) in [5.74, 6) is 0.482. The standard InChI is InChI=1S/C19H36O4/c1-3-4-5-7-16(2)19(9-11-21)13-18(15-23)12-17(14-22)8-6-10-20/h4-5,7,17-23H,3,6,8-15H2,1-2H3/b5-4-,16-7+. The molecule has 0 aromatic carbocycles. The van der Waals surface area contributed by atoms with Crippen LogP contribution >= 0.6 is 0 Å². The van der Waals surface area contributed by atoms with Gasteiger partial charge in [-0.05, 0) is 63.2 Å². The highest BCUT2D eigenvalue weighted by Crippen LogP contribution is 2.28. The quantitative estimate of drug-likeness (QED) is 0.370. The molecule has 0 aliphatic heterocycles. The van der Waals surface area contributed by atoms with Gasteiger partial charge in [0.1, 0.15) is 0 Å². The van der Waals surface area contributed by atoms with Gasteiger partial charge in [0.15, 0.2) is 0 Å². The first-order valence-corrected chi connectivity index (χ1v) is 8.89. The third-order valence-electron chi connectivity index (χ3n) is 4.42. The van der Waals surface area contributed by atoms with Crippen molar-refractivity contribution in [2.45, 2.75) is 52.4 Å². The van der Waals surface area contributed by atoms with Gasteiger partial charge in [0.2, 0.25) is 0 Å². The maximum atomic E-state index is 9.68. The Morgan fingerprint density at radius 3 is 2.13 bits per heavy atom. The average molecular weight is 328 g/mol. The molecule has 0 bridgehead atoms. The monoisotopic (exact) mass is 328 g/mol. The molecule has 0 spiro atoms. The van der Waals surface area contributed by atoms with Crippen LogP contribution in [0.2, 0.25) is 0 Å². The summed E-state index contributed by atoms with van der Waals surface area (Å²) in [7, 11) is 0. The molecule has 0 aliphatic rings. The first kappa shape index (κ1) is 22.3. The molecule has 0 saturated heterocycles. The number of rotatable bonds is 14. The van der Waals surface area contributed by atoms with Gasteiger partial charge in [0.25, 0.3) is 0 Å². The van der Waals surface area contributed by atoms with Crippen molar-refractivity contribution in [3.8, 4) is 0 Å². The van der Waals surface area contributed by atoms with E-state index in [0.717, 1.165) is 25.7 Å². The number of aliphatic hydroxyl groups excluding tert-OH is 4. The molecule has 4 N–H and O–H groups in total. The molecule has 0 saturated carbocycles. The second-order valence-electron chi connectivity index (χ2n) is 6.39. The van der Waals surface area contributed by atoms with Crippen molar-refractivity contribution in [3.05, 3.63) is 23.8 Å². The van der Waals surface area contributed by atoms with E-state index in [4.69, 9.17) is 5.11 Å². The molecule has 4 nitrogen and oxygen atoms in total. The van der Waals surface area contributed by atoms with Crippen LogP contribution < -0.4 is 0 Å². The van der Waals surface area contributed by atoms with Crippen LogP contribution in [0.15, 0.2) is 23.8 Å². The molecule has 0 aromatic rings. The predicted octanol–water partition coefficient (Wildman–Crippen LogP) is 2.67. The minimum absolute atomic E-state index is 0.0925. The number of allylic oxidation sites excluding steroid dienone is 4. The molecule has 0 heterocycles. The topological polar surface area (TPSA) is 80.9 Å². The Bertz CT molecular complexity index is 325. The van der Waals surface area contributed by atoms with Crippen molar-refractivity contribution in [3.63, 3.8) is 0 Å². The summed E-state index contributed by atoms with van der Waals surface area (Å²) < 4.78 is 0. The molecule has 3 unspecified atom stereocenters. The zero-order valence-corrected chi connectivity index (χ0v) is 14.8. The maximum absolute atomic E-state index is 9.68. The highest BCUT2D eigenvalue weighted by molar-refractivity contribution is 5.13. The van der Waals surface area contributed by atoms with E-state index < -0.39 is 0 Å². The smallest absolute Gasteiger partial charge is 0.0459 e. The lowest BCUT2D eigenvalue weighted by Gasteiger charge is -2.25. The summed E-state index contributed by atoms with van der Waals surface area (Å²) in [6, 6.07) is 0. The van der Waals surface area contributed by atoms with Crippen LogP contribution in [0, 0.1) is 17.8 Å². The molecule has 4 heteroatoms. The van der Waals surface area contributed by atoms with Crippen molar-refractivity contribution in [1.82, 2.24) is 0 Å². The molecule has 3 atom stereocenters. The van der Waals surface area contributed by atoms with Gasteiger partial charge >= 0.3 is 0 Å². The summed E-state index contributed by atoms with van der Waals surface area (Å²) >= 11 is 0. The van der Waals surface area contributed by atoms with Gasteiger partial charge in [0.05, 0.1) is 0 Å². The minimum Gasteiger partial charge on any atom is -0.396 e. The van der Waals surface area contributed by atoms with E-state index >= 15 is 0 Å². The van der Waals surface area contributed by atoms with Gasteiger partial charge in [-0.2, -0.15) is 0 Å². The average Bonchev–Trinajstić information content (AvgIpc) is 2.56. The van der Waals surface area contributed by atoms with Crippen LogP contribution in [0.25, 0.3) is 0 Å². The summed E-state index contributed by atoms with van der Waals surface area (Å²) in [6.45, 7) is 4.63. The van der Waals surface area contributed by atoms with Crippen LogP contribution in [0.1, 0.15) is 52.4 Å². The molecule has 0 fully saturated rings. The Hall–Kier alpha value is -0.680. The van der Waals surface area contributed by atoms with Gasteiger partial charge in [0, 0.05) is 26.4 Å². The summed E-state index contributed by atoms with van der Waals surface area (Å²) in [6.07, 6.45) is 11.0. The lowest BCUT2D eigenvalue weighted by atomic mass is 9.82. The van der Waals surface area contributed by atoms with Crippen molar-refractivity contribution >= 4 is 0 Å². The lowest BCUT2D eigenvalue weighted by molar-refractivity contribution is 0.133. The third kappa shape index (κ3) is 10.7. The Kier molecular flexibility index (Phi) is 14.4. The van der Waals surface area contributed by atoms with Gasteiger partial charge in [-0.15, -0.1) is 0 Å². The fourth-order valence-corrected chi connectivity index (χ4v) is 2.96. The molecule has 0 aromatic heterocycles. The Morgan fingerprint density at radius 1 is 0.913 bits per heavy atom. The molecule has 0 radical (unpaired) electrons. The maximum Gasteiger partial charge on any atom is 0.0459 e. The van der Waals surface area contributed by atoms with E-state index in [-0.39, 0.29) is 44.2 Å².